The van der Waals surface area contributed by atoms with Crippen molar-refractivity contribution in [1.29, 1.82) is 0 Å². The summed E-state index contributed by atoms with van der Waals surface area (Å²) < 4.78 is 0. The molecular weight excluding hydrogens is 196 g/mol. The van der Waals surface area contributed by atoms with E-state index in [1.165, 1.54) is 12.0 Å². The Labute approximate surface area is 101 Å². The summed E-state index contributed by atoms with van der Waals surface area (Å²) in [5.41, 5.74) is 8.28. The monoisotopic (exact) mass is 224 g/mol. The zero-order chi connectivity index (χ0) is 12.8. The van der Waals surface area contributed by atoms with Crippen molar-refractivity contribution in [2.75, 3.05) is 0 Å². The Kier molecular flexibility index (Phi) is 6.58. The van der Waals surface area contributed by atoms with E-state index in [-0.39, 0.29) is 5.54 Å². The maximum absolute atomic E-state index is 6.12. The van der Waals surface area contributed by atoms with Crippen LogP contribution in [0.1, 0.15) is 60.8 Å². The van der Waals surface area contributed by atoms with Crippen molar-refractivity contribution in [3.8, 4) is 0 Å². The molecule has 0 aromatic heterocycles. The molecule has 0 radical (unpaired) electrons. The lowest BCUT2D eigenvalue weighted by Gasteiger charge is -2.24. The van der Waals surface area contributed by atoms with Crippen LogP contribution >= 0.6 is 0 Å². The highest BCUT2D eigenvalue weighted by atomic mass is 14.8. The third-order valence-corrected chi connectivity index (χ3v) is 2.62. The largest absolute Gasteiger partial charge is 0.321 e. The Balaban J connectivity index is 4.93. The van der Waals surface area contributed by atoms with E-state index in [1.54, 1.807) is 0 Å². The molecule has 0 aliphatic rings. The molecule has 0 fully saturated rings. The van der Waals surface area contributed by atoms with Gasteiger partial charge in [0.05, 0.1) is 0 Å². The first kappa shape index (κ1) is 15.4. The number of allylic oxidation sites excluding steroid dienone is 1. The normalized spacial score (nSPS) is 14.8. The topological polar surface area (TPSA) is 38.4 Å². The maximum atomic E-state index is 6.12. The quantitative estimate of drug-likeness (QED) is 0.682. The van der Waals surface area contributed by atoms with E-state index in [1.807, 2.05) is 20.0 Å². The fourth-order valence-electron chi connectivity index (χ4n) is 1.87. The van der Waals surface area contributed by atoms with Gasteiger partial charge in [0, 0.05) is 17.5 Å². The molecule has 0 aromatic carbocycles. The molecule has 0 atom stereocenters. The van der Waals surface area contributed by atoms with Gasteiger partial charge in [0.25, 0.3) is 0 Å². The smallest absolute Gasteiger partial charge is 0.0489 e. The van der Waals surface area contributed by atoms with Crippen molar-refractivity contribution in [1.82, 2.24) is 0 Å². The van der Waals surface area contributed by atoms with Gasteiger partial charge in [-0.3, -0.25) is 4.99 Å². The van der Waals surface area contributed by atoms with Gasteiger partial charge < -0.3 is 5.73 Å². The summed E-state index contributed by atoms with van der Waals surface area (Å²) >= 11 is 0. The van der Waals surface area contributed by atoms with Crippen molar-refractivity contribution in [2.45, 2.75) is 66.3 Å². The lowest BCUT2D eigenvalue weighted by molar-refractivity contribution is 0.649. The number of hydrogen-bond donors (Lipinski definition) is 1. The third kappa shape index (κ3) is 5.45. The second-order valence-electron chi connectivity index (χ2n) is 5.28. The van der Waals surface area contributed by atoms with Gasteiger partial charge in [-0.15, -0.1) is 0 Å². The summed E-state index contributed by atoms with van der Waals surface area (Å²) in [4.78, 5) is 4.61. The third-order valence-electron chi connectivity index (χ3n) is 2.62. The number of hydrogen-bond acceptors (Lipinski definition) is 2. The molecule has 2 heteroatoms. The van der Waals surface area contributed by atoms with Crippen molar-refractivity contribution in [3.05, 3.63) is 11.8 Å². The molecule has 0 unspecified atom stereocenters. The minimum Gasteiger partial charge on any atom is -0.321 e. The van der Waals surface area contributed by atoms with Crippen molar-refractivity contribution in [2.24, 2.45) is 16.6 Å². The van der Waals surface area contributed by atoms with Crippen LogP contribution in [0.4, 0.5) is 0 Å². The van der Waals surface area contributed by atoms with Gasteiger partial charge in [0.2, 0.25) is 0 Å². The van der Waals surface area contributed by atoms with E-state index in [0.29, 0.717) is 5.92 Å². The van der Waals surface area contributed by atoms with Gasteiger partial charge in [-0.25, -0.2) is 0 Å². The number of nitrogens with zero attached hydrogens (tertiary/aromatic N) is 1. The zero-order valence-corrected chi connectivity index (χ0v) is 11.8. The average molecular weight is 224 g/mol. The van der Waals surface area contributed by atoms with Gasteiger partial charge in [0.1, 0.15) is 0 Å². The van der Waals surface area contributed by atoms with Crippen molar-refractivity contribution in [3.63, 3.8) is 0 Å². The van der Waals surface area contributed by atoms with Crippen molar-refractivity contribution >= 4 is 5.71 Å². The zero-order valence-electron chi connectivity index (χ0n) is 11.8. The molecule has 2 N–H and O–H groups in total. The summed E-state index contributed by atoms with van der Waals surface area (Å²) in [6, 6.07) is 0. The number of nitrogens with two attached hydrogens (primary N) is 1. The first-order valence-corrected chi connectivity index (χ1v) is 6.37. The molecule has 0 amide bonds. The molecule has 2 nitrogen and oxygen atoms in total. The van der Waals surface area contributed by atoms with E-state index >= 15 is 0 Å². The molecule has 16 heavy (non-hydrogen) atoms. The Morgan fingerprint density at radius 3 is 2.19 bits per heavy atom. The SMILES string of the molecule is CCC/C(=C/N=C(C(C)C)C(C)(C)N)CC. The Morgan fingerprint density at radius 2 is 1.88 bits per heavy atom. The van der Waals surface area contributed by atoms with E-state index in [0.717, 1.165) is 18.6 Å². The Morgan fingerprint density at radius 1 is 1.31 bits per heavy atom. The molecular formula is C14H28N2. The van der Waals surface area contributed by atoms with Crippen LogP contribution in [-0.4, -0.2) is 11.3 Å². The summed E-state index contributed by atoms with van der Waals surface area (Å²) in [7, 11) is 0. The van der Waals surface area contributed by atoms with Gasteiger partial charge in [-0.05, 0) is 32.6 Å². The molecule has 0 spiro atoms. The fourth-order valence-corrected chi connectivity index (χ4v) is 1.87. The molecule has 0 bridgehead atoms. The van der Waals surface area contributed by atoms with E-state index in [9.17, 15) is 0 Å². The van der Waals surface area contributed by atoms with Crippen molar-refractivity contribution < 1.29 is 0 Å². The van der Waals surface area contributed by atoms with Crippen LogP contribution in [0, 0.1) is 5.92 Å². The fraction of sp³-hybridized carbons (Fsp3) is 0.786. The number of rotatable bonds is 6. The highest BCUT2D eigenvalue weighted by Crippen LogP contribution is 2.14. The lowest BCUT2D eigenvalue weighted by Crippen LogP contribution is -2.44. The lowest BCUT2D eigenvalue weighted by atomic mass is 9.91. The molecule has 0 aliphatic heterocycles. The van der Waals surface area contributed by atoms with Crippen LogP contribution in [0.5, 0.6) is 0 Å². The summed E-state index contributed by atoms with van der Waals surface area (Å²) in [5, 5.41) is 0. The molecule has 0 saturated heterocycles. The van der Waals surface area contributed by atoms with Gasteiger partial charge in [0.15, 0.2) is 0 Å². The molecule has 0 rings (SSSR count). The standard InChI is InChI=1S/C14H28N2/c1-7-9-12(8-2)10-16-13(11(3)4)14(5,6)15/h10-11H,7-9,15H2,1-6H3/b12-10+,16-13?. The van der Waals surface area contributed by atoms with Gasteiger partial charge >= 0.3 is 0 Å². The van der Waals surface area contributed by atoms with Crippen LogP contribution in [0.3, 0.4) is 0 Å². The van der Waals surface area contributed by atoms with E-state index < -0.39 is 0 Å². The van der Waals surface area contributed by atoms with Gasteiger partial charge in [-0.1, -0.05) is 39.7 Å². The summed E-state index contributed by atoms with van der Waals surface area (Å²) in [6.45, 7) is 12.7. The Bertz CT molecular complexity index is 254. The number of aliphatic imine (C=N–C) groups is 1. The highest BCUT2D eigenvalue weighted by Gasteiger charge is 2.21. The minimum atomic E-state index is -0.324. The molecule has 0 heterocycles. The second kappa shape index (κ2) is 6.85. The summed E-state index contributed by atoms with van der Waals surface area (Å²) in [5.74, 6) is 0.399. The predicted octanol–water partition coefficient (Wildman–Crippen LogP) is 3.91. The van der Waals surface area contributed by atoms with Crippen LogP contribution < -0.4 is 5.73 Å². The first-order chi connectivity index (χ1) is 7.32. The molecule has 0 saturated carbocycles. The summed E-state index contributed by atoms with van der Waals surface area (Å²) in [6.07, 6.45) is 5.41. The minimum absolute atomic E-state index is 0.324. The molecule has 0 aliphatic carbocycles. The van der Waals surface area contributed by atoms with Crippen LogP contribution in [0.15, 0.2) is 16.8 Å². The molecule has 0 aromatic rings. The second-order valence-corrected chi connectivity index (χ2v) is 5.28. The maximum Gasteiger partial charge on any atom is 0.0489 e. The van der Waals surface area contributed by atoms with Gasteiger partial charge in [-0.2, -0.15) is 0 Å². The highest BCUT2D eigenvalue weighted by molar-refractivity contribution is 5.94. The van der Waals surface area contributed by atoms with E-state index in [2.05, 4.69) is 32.7 Å². The first-order valence-electron chi connectivity index (χ1n) is 6.37. The van der Waals surface area contributed by atoms with E-state index in [4.69, 9.17) is 5.73 Å². The van der Waals surface area contributed by atoms with Crippen LogP contribution in [-0.2, 0) is 0 Å². The van der Waals surface area contributed by atoms with Crippen LogP contribution in [0.2, 0.25) is 0 Å². The average Bonchev–Trinajstić information content (AvgIpc) is 2.13. The van der Waals surface area contributed by atoms with Crippen LogP contribution in [0.25, 0.3) is 0 Å². The predicted molar refractivity (Wildman–Crippen MR) is 73.8 cm³/mol. The molecule has 94 valence electrons. The Hall–Kier alpha value is -0.630.